The van der Waals surface area contributed by atoms with Crippen molar-refractivity contribution in [3.05, 3.63) is 24.7 Å². The van der Waals surface area contributed by atoms with E-state index in [0.717, 1.165) is 12.6 Å². The Labute approximate surface area is 130 Å². The highest BCUT2D eigenvalue weighted by molar-refractivity contribution is 7.72. The number of rotatable bonds is 4. The van der Waals surface area contributed by atoms with Gasteiger partial charge in [-0.3, -0.25) is 4.79 Å². The van der Waals surface area contributed by atoms with Gasteiger partial charge in [0.05, 0.1) is 6.10 Å². The highest BCUT2D eigenvalue weighted by atomic mass is 35.5. The number of carbonyl (C=O) groups is 1. The van der Waals surface area contributed by atoms with Crippen LogP contribution in [0.4, 0.5) is 0 Å². The van der Waals surface area contributed by atoms with Crippen LogP contribution < -0.4 is 5.32 Å². The quantitative estimate of drug-likeness (QED) is 0.600. The van der Waals surface area contributed by atoms with E-state index in [1.54, 1.807) is 11.1 Å². The lowest BCUT2D eigenvalue weighted by Gasteiger charge is -2.32. The van der Waals surface area contributed by atoms with E-state index in [0.29, 0.717) is 5.82 Å². The molecule has 2 aliphatic heterocycles. The SMILES string of the molecule is C=C1NC(=O)C=CN1C1OC(CCP(=C)(C)C)[C@@H](O)[C@H]1Cl. The largest absolute Gasteiger partial charge is 0.389 e. The highest BCUT2D eigenvalue weighted by Crippen LogP contribution is 2.39. The second-order valence-corrected chi connectivity index (χ2v) is 10.9. The Morgan fingerprint density at radius 3 is 2.81 bits per heavy atom. The van der Waals surface area contributed by atoms with Crippen LogP contribution in [0.15, 0.2) is 24.7 Å². The minimum absolute atomic E-state index is 0.235. The molecule has 0 spiro atoms. The lowest BCUT2D eigenvalue weighted by Crippen LogP contribution is -2.44. The van der Waals surface area contributed by atoms with E-state index in [9.17, 15) is 9.90 Å². The molecule has 0 aromatic rings. The predicted octanol–water partition coefficient (Wildman–Crippen LogP) is 1.20. The molecule has 2 rings (SSSR count). The molecule has 7 heteroatoms. The maximum absolute atomic E-state index is 11.2. The average molecular weight is 333 g/mol. The summed E-state index contributed by atoms with van der Waals surface area (Å²) in [5, 5.41) is 12.3. The molecule has 4 atom stereocenters. The van der Waals surface area contributed by atoms with Crippen LogP contribution in [0.2, 0.25) is 0 Å². The van der Waals surface area contributed by atoms with Crippen molar-refractivity contribution in [3.63, 3.8) is 0 Å². The van der Waals surface area contributed by atoms with E-state index in [2.05, 4.69) is 31.5 Å². The lowest BCUT2D eigenvalue weighted by molar-refractivity contribution is -0.117. The first-order valence-electron chi connectivity index (χ1n) is 6.80. The van der Waals surface area contributed by atoms with Crippen molar-refractivity contribution in [3.8, 4) is 0 Å². The third-order valence-corrected chi connectivity index (χ3v) is 5.50. The molecule has 0 aromatic carbocycles. The Kier molecular flexibility index (Phi) is 4.89. The van der Waals surface area contributed by atoms with Crippen LogP contribution in [0.25, 0.3) is 0 Å². The number of halogens is 1. The summed E-state index contributed by atoms with van der Waals surface area (Å²) in [6.07, 6.45) is 7.16. The van der Waals surface area contributed by atoms with E-state index < -0.39 is 24.6 Å². The molecule has 118 valence electrons. The van der Waals surface area contributed by atoms with Crippen molar-refractivity contribution in [1.29, 1.82) is 0 Å². The monoisotopic (exact) mass is 332 g/mol. The maximum Gasteiger partial charge on any atom is 0.250 e. The van der Waals surface area contributed by atoms with Gasteiger partial charge in [-0.1, -0.05) is 6.58 Å². The van der Waals surface area contributed by atoms with E-state index in [1.165, 1.54) is 6.08 Å². The van der Waals surface area contributed by atoms with Crippen LogP contribution in [0.5, 0.6) is 0 Å². The van der Waals surface area contributed by atoms with Crippen LogP contribution in [0, 0.1) is 0 Å². The van der Waals surface area contributed by atoms with Crippen molar-refractivity contribution < 1.29 is 14.6 Å². The third-order valence-electron chi connectivity index (χ3n) is 3.55. The highest BCUT2D eigenvalue weighted by Gasteiger charge is 2.45. The summed E-state index contributed by atoms with van der Waals surface area (Å²) in [7, 11) is 0. The number of aliphatic hydroxyl groups is 1. The van der Waals surface area contributed by atoms with Gasteiger partial charge in [0.25, 0.3) is 5.91 Å². The zero-order chi connectivity index (χ0) is 15.8. The number of carbonyl (C=O) groups excluding carboxylic acids is 1. The number of amides is 1. The Bertz CT molecular complexity index is 516. The van der Waals surface area contributed by atoms with E-state index in [4.69, 9.17) is 16.3 Å². The van der Waals surface area contributed by atoms with E-state index in [1.807, 2.05) is 0 Å². The molecule has 2 N–H and O–H groups in total. The fourth-order valence-electron chi connectivity index (χ4n) is 2.37. The number of nitrogens with zero attached hydrogens (tertiary/aromatic N) is 1. The van der Waals surface area contributed by atoms with Crippen LogP contribution in [0.1, 0.15) is 6.42 Å². The second-order valence-electron chi connectivity index (χ2n) is 6.11. The number of aliphatic hydroxyl groups excluding tert-OH is 1. The first-order valence-corrected chi connectivity index (χ1v) is 10.3. The van der Waals surface area contributed by atoms with E-state index in [-0.39, 0.29) is 12.0 Å². The standard InChI is InChI=1S/C14H22ClN2O3P/c1-9-16-11(18)5-7-17(9)14-12(15)13(19)10(20-14)6-8-21(2,3)4/h5,7,10,12-14,19H,1-2,6,8H2,3-4H3,(H,16,18)/t10?,12-,13-,14?/m1/s1. The molecule has 1 saturated heterocycles. The van der Waals surface area contributed by atoms with Crippen molar-refractivity contribution in [2.45, 2.75) is 30.2 Å². The van der Waals surface area contributed by atoms with Gasteiger partial charge in [0.15, 0.2) is 6.23 Å². The minimum atomic E-state index is -1.17. The molecule has 1 fully saturated rings. The average Bonchev–Trinajstić information content (AvgIpc) is 2.64. The number of hydrogen-bond donors (Lipinski definition) is 2. The lowest BCUT2D eigenvalue weighted by atomic mass is 10.1. The molecular weight excluding hydrogens is 311 g/mol. The molecule has 2 heterocycles. The first-order chi connectivity index (χ1) is 9.69. The van der Waals surface area contributed by atoms with Gasteiger partial charge in [-0.05, 0) is 25.9 Å². The fraction of sp³-hybridized carbons (Fsp3) is 0.571. The zero-order valence-corrected chi connectivity index (χ0v) is 14.0. The summed E-state index contributed by atoms with van der Waals surface area (Å²) in [4.78, 5) is 12.9. The molecule has 0 aliphatic carbocycles. The van der Waals surface area contributed by atoms with E-state index >= 15 is 0 Å². The second kappa shape index (κ2) is 6.17. The molecule has 21 heavy (non-hydrogen) atoms. The Balaban J connectivity index is 2.06. The summed E-state index contributed by atoms with van der Waals surface area (Å²) in [5.41, 5.74) is 0. The van der Waals surface area contributed by atoms with Crippen LogP contribution >= 0.6 is 18.5 Å². The summed E-state index contributed by atoms with van der Waals surface area (Å²) in [6, 6.07) is 0. The zero-order valence-electron chi connectivity index (χ0n) is 12.3. The molecular formula is C14H22ClN2O3P. The molecule has 5 nitrogen and oxygen atoms in total. The molecule has 2 aliphatic rings. The maximum atomic E-state index is 11.2. The van der Waals surface area contributed by atoms with Crippen molar-refractivity contribution in [2.24, 2.45) is 0 Å². The number of hydrogen-bond acceptors (Lipinski definition) is 4. The molecule has 0 bridgehead atoms. The van der Waals surface area contributed by atoms with Gasteiger partial charge in [-0.15, -0.1) is 24.8 Å². The first kappa shape index (κ1) is 16.6. The molecule has 0 aromatic heterocycles. The Morgan fingerprint density at radius 1 is 1.57 bits per heavy atom. The molecule has 0 radical (unpaired) electrons. The number of ether oxygens (including phenoxy) is 1. The van der Waals surface area contributed by atoms with Crippen LogP contribution in [0.3, 0.4) is 0 Å². The summed E-state index contributed by atoms with van der Waals surface area (Å²) in [5.74, 6) is 0.164. The third kappa shape index (κ3) is 3.92. The molecule has 1 amide bonds. The van der Waals surface area contributed by atoms with Gasteiger partial charge >= 0.3 is 0 Å². The van der Waals surface area contributed by atoms with Gasteiger partial charge in [-0.2, -0.15) is 0 Å². The number of alkyl halides is 1. The van der Waals surface area contributed by atoms with Crippen molar-refractivity contribution in [2.75, 3.05) is 19.5 Å². The molecule has 0 saturated carbocycles. The van der Waals surface area contributed by atoms with Crippen molar-refractivity contribution >= 4 is 30.7 Å². The fourth-order valence-corrected chi connectivity index (χ4v) is 3.66. The smallest absolute Gasteiger partial charge is 0.250 e. The minimum Gasteiger partial charge on any atom is -0.389 e. The van der Waals surface area contributed by atoms with Gasteiger partial charge in [0, 0.05) is 12.3 Å². The summed E-state index contributed by atoms with van der Waals surface area (Å²) >= 11 is 6.30. The summed E-state index contributed by atoms with van der Waals surface area (Å²) < 4.78 is 5.90. The summed E-state index contributed by atoms with van der Waals surface area (Å²) in [6.45, 7) is 6.90. The molecule has 2 unspecified atom stereocenters. The van der Waals surface area contributed by atoms with Gasteiger partial charge < -0.3 is 20.1 Å². The Hall–Kier alpha value is -0.740. The normalized spacial score (nSPS) is 33.4. The van der Waals surface area contributed by atoms with Crippen LogP contribution in [-0.4, -0.2) is 65.5 Å². The topological polar surface area (TPSA) is 61.8 Å². The van der Waals surface area contributed by atoms with Gasteiger partial charge in [-0.25, -0.2) is 0 Å². The van der Waals surface area contributed by atoms with Gasteiger partial charge in [0.2, 0.25) is 0 Å². The Morgan fingerprint density at radius 2 is 2.24 bits per heavy atom. The van der Waals surface area contributed by atoms with Crippen molar-refractivity contribution in [1.82, 2.24) is 10.2 Å². The predicted molar refractivity (Wildman–Crippen MR) is 87.9 cm³/mol. The number of nitrogens with one attached hydrogen (secondary N) is 1. The van der Waals surface area contributed by atoms with Gasteiger partial charge in [0.1, 0.15) is 17.3 Å². The van der Waals surface area contributed by atoms with Crippen LogP contribution in [-0.2, 0) is 9.53 Å².